The van der Waals surface area contributed by atoms with Crippen LogP contribution in [0.3, 0.4) is 0 Å². The molecule has 0 fully saturated rings. The molecule has 2 aromatic rings. The monoisotopic (exact) mass is 186 g/mol. The fourth-order valence-electron chi connectivity index (χ4n) is 1.75. The van der Waals surface area contributed by atoms with Gasteiger partial charge in [0.2, 0.25) is 0 Å². The van der Waals surface area contributed by atoms with Gasteiger partial charge in [0.05, 0.1) is 0 Å². The fourth-order valence-corrected chi connectivity index (χ4v) is 1.75. The third-order valence-electron chi connectivity index (χ3n) is 2.46. The zero-order valence-corrected chi connectivity index (χ0v) is 8.46. The maximum absolute atomic E-state index is 3.19. The highest BCUT2D eigenvalue weighted by molar-refractivity contribution is 6.01. The lowest BCUT2D eigenvalue weighted by molar-refractivity contribution is 1.52. The number of benzene rings is 2. The lowest BCUT2D eigenvalue weighted by Gasteiger charge is -2.09. The van der Waals surface area contributed by atoms with Gasteiger partial charge in [-0.1, -0.05) is 24.3 Å². The molecule has 0 bridgehead atoms. The second-order valence-corrected chi connectivity index (χ2v) is 3.21. The molecule has 0 aliphatic heterocycles. The van der Waals surface area contributed by atoms with Crippen molar-refractivity contribution in [3.63, 3.8) is 0 Å². The second kappa shape index (κ2) is 3.58. The molecule has 0 saturated heterocycles. The normalized spacial score (nSPS) is 10.1. The topological polar surface area (TPSA) is 24.1 Å². The minimum Gasteiger partial charge on any atom is -0.388 e. The van der Waals surface area contributed by atoms with Crippen LogP contribution in [0, 0.1) is 0 Å². The molecular weight excluding hydrogens is 172 g/mol. The summed E-state index contributed by atoms with van der Waals surface area (Å²) in [6.07, 6.45) is 0. The van der Waals surface area contributed by atoms with Gasteiger partial charge in [0.1, 0.15) is 0 Å². The SMILES string of the molecule is CNc1cccc2c(NC)cccc12. The van der Waals surface area contributed by atoms with E-state index in [0.717, 1.165) is 0 Å². The van der Waals surface area contributed by atoms with Gasteiger partial charge in [-0.2, -0.15) is 0 Å². The summed E-state index contributed by atoms with van der Waals surface area (Å²) in [7, 11) is 3.89. The van der Waals surface area contributed by atoms with Crippen LogP contribution >= 0.6 is 0 Å². The highest BCUT2D eigenvalue weighted by Crippen LogP contribution is 2.28. The summed E-state index contributed by atoms with van der Waals surface area (Å²) in [4.78, 5) is 0. The molecule has 2 rings (SSSR count). The van der Waals surface area contributed by atoms with Crippen LogP contribution in [-0.2, 0) is 0 Å². The number of anilines is 2. The van der Waals surface area contributed by atoms with Crippen molar-refractivity contribution in [3.05, 3.63) is 36.4 Å². The molecule has 2 N–H and O–H groups in total. The molecule has 2 nitrogen and oxygen atoms in total. The Morgan fingerprint density at radius 2 is 1.14 bits per heavy atom. The number of hydrogen-bond donors (Lipinski definition) is 2. The van der Waals surface area contributed by atoms with Crippen LogP contribution in [-0.4, -0.2) is 14.1 Å². The fraction of sp³-hybridized carbons (Fsp3) is 0.167. The van der Waals surface area contributed by atoms with E-state index in [0.29, 0.717) is 0 Å². The van der Waals surface area contributed by atoms with Gasteiger partial charge in [0.15, 0.2) is 0 Å². The average molecular weight is 186 g/mol. The lowest BCUT2D eigenvalue weighted by Crippen LogP contribution is -1.92. The Hall–Kier alpha value is -1.70. The van der Waals surface area contributed by atoms with Gasteiger partial charge in [-0.05, 0) is 12.1 Å². The first-order valence-corrected chi connectivity index (χ1v) is 4.74. The highest BCUT2D eigenvalue weighted by Gasteiger charge is 2.01. The van der Waals surface area contributed by atoms with Gasteiger partial charge >= 0.3 is 0 Å². The van der Waals surface area contributed by atoms with Gasteiger partial charge in [-0.15, -0.1) is 0 Å². The molecule has 0 atom stereocenters. The Bertz CT molecular complexity index is 406. The van der Waals surface area contributed by atoms with Gasteiger partial charge in [-0.3, -0.25) is 0 Å². The Morgan fingerprint density at radius 1 is 0.714 bits per heavy atom. The zero-order valence-electron chi connectivity index (χ0n) is 8.46. The van der Waals surface area contributed by atoms with E-state index in [4.69, 9.17) is 0 Å². The van der Waals surface area contributed by atoms with E-state index in [9.17, 15) is 0 Å². The molecule has 0 heterocycles. The van der Waals surface area contributed by atoms with Crippen molar-refractivity contribution in [2.24, 2.45) is 0 Å². The Labute approximate surface area is 83.9 Å². The molecule has 0 saturated carbocycles. The van der Waals surface area contributed by atoms with Crippen molar-refractivity contribution in [2.45, 2.75) is 0 Å². The molecule has 0 spiro atoms. The van der Waals surface area contributed by atoms with E-state index in [1.165, 1.54) is 22.1 Å². The van der Waals surface area contributed by atoms with Crippen molar-refractivity contribution in [3.8, 4) is 0 Å². The van der Waals surface area contributed by atoms with Gasteiger partial charge in [-0.25, -0.2) is 0 Å². The standard InChI is InChI=1S/C12H14N2/c1-13-11-7-3-6-10-9(11)5-4-8-12(10)14-2/h3-8,13-14H,1-2H3. The largest absolute Gasteiger partial charge is 0.388 e. The first-order chi connectivity index (χ1) is 6.86. The number of hydrogen-bond acceptors (Lipinski definition) is 2. The van der Waals surface area contributed by atoms with Crippen molar-refractivity contribution in [1.29, 1.82) is 0 Å². The van der Waals surface area contributed by atoms with Crippen LogP contribution in [0.4, 0.5) is 11.4 Å². The van der Waals surface area contributed by atoms with Gasteiger partial charge in [0, 0.05) is 36.2 Å². The van der Waals surface area contributed by atoms with Crippen LogP contribution in [0.5, 0.6) is 0 Å². The molecular formula is C12H14N2. The van der Waals surface area contributed by atoms with E-state index in [-0.39, 0.29) is 0 Å². The number of fused-ring (bicyclic) bond motifs is 1. The molecule has 2 heteroatoms. The van der Waals surface area contributed by atoms with Crippen molar-refractivity contribution in [1.82, 2.24) is 0 Å². The number of rotatable bonds is 2. The van der Waals surface area contributed by atoms with E-state index < -0.39 is 0 Å². The lowest BCUT2D eigenvalue weighted by atomic mass is 10.1. The summed E-state index contributed by atoms with van der Waals surface area (Å²) < 4.78 is 0. The van der Waals surface area contributed by atoms with Gasteiger partial charge in [0.25, 0.3) is 0 Å². The summed E-state index contributed by atoms with van der Waals surface area (Å²) in [6.45, 7) is 0. The van der Waals surface area contributed by atoms with Gasteiger partial charge < -0.3 is 10.6 Å². The van der Waals surface area contributed by atoms with Crippen molar-refractivity contribution < 1.29 is 0 Å². The van der Waals surface area contributed by atoms with Crippen LogP contribution in [0.15, 0.2) is 36.4 Å². The zero-order chi connectivity index (χ0) is 9.97. The number of nitrogens with one attached hydrogen (secondary N) is 2. The predicted molar refractivity (Wildman–Crippen MR) is 63.0 cm³/mol. The average Bonchev–Trinajstić information content (AvgIpc) is 2.27. The summed E-state index contributed by atoms with van der Waals surface area (Å²) in [5.74, 6) is 0. The highest BCUT2D eigenvalue weighted by atomic mass is 14.8. The molecule has 0 unspecified atom stereocenters. The molecule has 2 aromatic carbocycles. The third-order valence-corrected chi connectivity index (χ3v) is 2.46. The van der Waals surface area contributed by atoms with Crippen LogP contribution in [0.2, 0.25) is 0 Å². The maximum Gasteiger partial charge on any atom is 0.0418 e. The molecule has 0 amide bonds. The van der Waals surface area contributed by atoms with Crippen LogP contribution in [0.1, 0.15) is 0 Å². The minimum absolute atomic E-state index is 1.17. The summed E-state index contributed by atoms with van der Waals surface area (Å²) in [5.41, 5.74) is 2.33. The van der Waals surface area contributed by atoms with E-state index >= 15 is 0 Å². The van der Waals surface area contributed by atoms with E-state index in [1.807, 2.05) is 14.1 Å². The maximum atomic E-state index is 3.19. The van der Waals surface area contributed by atoms with Crippen molar-refractivity contribution in [2.75, 3.05) is 24.7 Å². The Morgan fingerprint density at radius 3 is 1.50 bits per heavy atom. The molecule has 72 valence electrons. The predicted octanol–water partition coefficient (Wildman–Crippen LogP) is 2.92. The summed E-state index contributed by atoms with van der Waals surface area (Å²) in [6, 6.07) is 12.6. The Balaban J connectivity index is 2.77. The molecule has 0 radical (unpaired) electrons. The first-order valence-electron chi connectivity index (χ1n) is 4.74. The summed E-state index contributed by atoms with van der Waals surface area (Å²) in [5, 5.41) is 8.89. The first kappa shape index (κ1) is 8.88. The Kier molecular flexibility index (Phi) is 2.27. The van der Waals surface area contributed by atoms with E-state index in [1.54, 1.807) is 0 Å². The van der Waals surface area contributed by atoms with Crippen molar-refractivity contribution >= 4 is 22.1 Å². The quantitative estimate of drug-likeness (QED) is 0.753. The third kappa shape index (κ3) is 1.29. The molecule has 0 aliphatic rings. The summed E-state index contributed by atoms with van der Waals surface area (Å²) >= 11 is 0. The molecule has 14 heavy (non-hydrogen) atoms. The second-order valence-electron chi connectivity index (χ2n) is 3.21. The molecule has 0 aromatic heterocycles. The smallest absolute Gasteiger partial charge is 0.0418 e. The van der Waals surface area contributed by atoms with Crippen LogP contribution in [0.25, 0.3) is 10.8 Å². The van der Waals surface area contributed by atoms with Crippen LogP contribution < -0.4 is 10.6 Å². The van der Waals surface area contributed by atoms with E-state index in [2.05, 4.69) is 47.0 Å². The minimum atomic E-state index is 1.17. The molecule has 0 aliphatic carbocycles.